The van der Waals surface area contributed by atoms with Gasteiger partial charge in [0.05, 0.1) is 5.69 Å². The lowest BCUT2D eigenvalue weighted by molar-refractivity contribution is 0.349. The van der Waals surface area contributed by atoms with Gasteiger partial charge in [0.15, 0.2) is 0 Å². The molecular formula is C13H21N3O2S. The zero-order valence-corrected chi connectivity index (χ0v) is 12.0. The smallest absolute Gasteiger partial charge is 0.240 e. The predicted molar refractivity (Wildman–Crippen MR) is 77.3 cm³/mol. The van der Waals surface area contributed by atoms with Crippen LogP contribution in [0.4, 0.5) is 11.4 Å². The fourth-order valence-corrected chi connectivity index (χ4v) is 3.34. The van der Waals surface area contributed by atoms with E-state index in [1.165, 1.54) is 25.3 Å². The number of nitrogen functional groups attached to an aromatic ring is 1. The summed E-state index contributed by atoms with van der Waals surface area (Å²) >= 11 is 0. The third-order valence-corrected chi connectivity index (χ3v) is 4.70. The van der Waals surface area contributed by atoms with Crippen LogP contribution >= 0.6 is 0 Å². The molecule has 0 saturated heterocycles. The molecule has 1 aromatic rings. The van der Waals surface area contributed by atoms with Gasteiger partial charge in [-0.15, -0.1) is 0 Å². The van der Waals surface area contributed by atoms with Gasteiger partial charge in [0.25, 0.3) is 0 Å². The highest BCUT2D eigenvalue weighted by Crippen LogP contribution is 2.32. The fraction of sp³-hybridized carbons (Fsp3) is 0.538. The average molecular weight is 283 g/mol. The first kappa shape index (κ1) is 14.1. The maximum atomic E-state index is 11.3. The van der Waals surface area contributed by atoms with Crippen molar-refractivity contribution >= 4 is 21.4 Å². The SMILES string of the molecule is CC1(Nc2ccc(S(N)(=O)=O)c(N)c2)CCCCC1. The number of benzene rings is 1. The molecule has 1 aromatic carbocycles. The van der Waals surface area contributed by atoms with E-state index in [1.54, 1.807) is 12.1 Å². The van der Waals surface area contributed by atoms with Crippen LogP contribution in [0.25, 0.3) is 0 Å². The van der Waals surface area contributed by atoms with Gasteiger partial charge in [0.2, 0.25) is 10.0 Å². The summed E-state index contributed by atoms with van der Waals surface area (Å²) in [6.07, 6.45) is 5.94. The second-order valence-corrected chi connectivity index (χ2v) is 7.07. The second kappa shape index (κ2) is 5.02. The molecular weight excluding hydrogens is 262 g/mol. The molecule has 1 fully saturated rings. The molecule has 0 bridgehead atoms. The molecule has 6 heteroatoms. The first-order valence-corrected chi connectivity index (χ1v) is 8.05. The standard InChI is InChI=1S/C13H21N3O2S/c1-13(7-3-2-4-8-13)16-10-5-6-12(11(14)9-10)19(15,17)18/h5-6,9,16H,2-4,7-8,14H2,1H3,(H2,15,17,18). The van der Waals surface area contributed by atoms with Gasteiger partial charge in [-0.25, -0.2) is 13.6 Å². The monoisotopic (exact) mass is 283 g/mol. The Bertz CT molecular complexity index is 563. The Kier molecular flexibility index (Phi) is 3.73. The Morgan fingerprint density at radius 1 is 1.21 bits per heavy atom. The molecule has 0 aliphatic heterocycles. The lowest BCUT2D eigenvalue weighted by Gasteiger charge is -2.35. The summed E-state index contributed by atoms with van der Waals surface area (Å²) in [5, 5.41) is 8.55. The van der Waals surface area contributed by atoms with E-state index in [9.17, 15) is 8.42 Å². The summed E-state index contributed by atoms with van der Waals surface area (Å²) < 4.78 is 22.6. The Balaban J connectivity index is 2.21. The quantitative estimate of drug-likeness (QED) is 0.739. The molecule has 19 heavy (non-hydrogen) atoms. The van der Waals surface area contributed by atoms with Crippen LogP contribution < -0.4 is 16.2 Å². The van der Waals surface area contributed by atoms with E-state index in [-0.39, 0.29) is 16.1 Å². The zero-order valence-electron chi connectivity index (χ0n) is 11.1. The number of nitrogens with two attached hydrogens (primary N) is 2. The van der Waals surface area contributed by atoms with Gasteiger partial charge in [-0.05, 0) is 38.0 Å². The molecule has 0 heterocycles. The average Bonchev–Trinajstić information content (AvgIpc) is 2.27. The number of rotatable bonds is 3. The van der Waals surface area contributed by atoms with Crippen LogP contribution in [-0.4, -0.2) is 14.0 Å². The third kappa shape index (κ3) is 3.39. The van der Waals surface area contributed by atoms with Crippen molar-refractivity contribution in [1.82, 2.24) is 0 Å². The Morgan fingerprint density at radius 3 is 2.37 bits per heavy atom. The minimum absolute atomic E-state index is 0.0214. The number of nitrogens with one attached hydrogen (secondary N) is 1. The number of anilines is 2. The molecule has 2 rings (SSSR count). The minimum atomic E-state index is -3.75. The van der Waals surface area contributed by atoms with Crippen LogP contribution in [0.5, 0.6) is 0 Å². The van der Waals surface area contributed by atoms with E-state index in [1.807, 2.05) is 0 Å². The van der Waals surface area contributed by atoms with E-state index in [0.29, 0.717) is 0 Å². The van der Waals surface area contributed by atoms with Crippen molar-refractivity contribution in [3.05, 3.63) is 18.2 Å². The van der Waals surface area contributed by atoms with E-state index < -0.39 is 10.0 Å². The summed E-state index contributed by atoms with van der Waals surface area (Å²) in [4.78, 5) is -0.0214. The molecule has 1 aliphatic rings. The van der Waals surface area contributed by atoms with E-state index in [2.05, 4.69) is 12.2 Å². The van der Waals surface area contributed by atoms with Crippen molar-refractivity contribution in [1.29, 1.82) is 0 Å². The van der Waals surface area contributed by atoms with Gasteiger partial charge < -0.3 is 11.1 Å². The maximum absolute atomic E-state index is 11.3. The lowest BCUT2D eigenvalue weighted by atomic mass is 9.83. The molecule has 1 saturated carbocycles. The molecule has 0 radical (unpaired) electrons. The van der Waals surface area contributed by atoms with E-state index >= 15 is 0 Å². The van der Waals surface area contributed by atoms with Gasteiger partial charge >= 0.3 is 0 Å². The van der Waals surface area contributed by atoms with Gasteiger partial charge in [0, 0.05) is 11.2 Å². The minimum Gasteiger partial charge on any atom is -0.398 e. The molecule has 0 aromatic heterocycles. The van der Waals surface area contributed by atoms with Crippen molar-refractivity contribution < 1.29 is 8.42 Å². The van der Waals surface area contributed by atoms with Gasteiger partial charge in [-0.1, -0.05) is 19.3 Å². The molecule has 0 amide bonds. The summed E-state index contributed by atoms with van der Waals surface area (Å²) in [7, 11) is -3.75. The lowest BCUT2D eigenvalue weighted by Crippen LogP contribution is -2.36. The molecule has 0 spiro atoms. The summed E-state index contributed by atoms with van der Waals surface area (Å²) in [6, 6.07) is 4.81. The van der Waals surface area contributed by atoms with Crippen molar-refractivity contribution in [2.75, 3.05) is 11.1 Å². The second-order valence-electron chi connectivity index (χ2n) is 5.54. The first-order valence-electron chi connectivity index (χ1n) is 6.51. The number of primary sulfonamides is 1. The predicted octanol–water partition coefficient (Wildman–Crippen LogP) is 2.05. The summed E-state index contributed by atoms with van der Waals surface area (Å²) in [5.41, 5.74) is 6.85. The highest BCUT2D eigenvalue weighted by atomic mass is 32.2. The van der Waals surface area contributed by atoms with Crippen LogP contribution in [0.2, 0.25) is 0 Å². The number of hydrogen-bond donors (Lipinski definition) is 3. The molecule has 5 N–H and O–H groups in total. The van der Waals surface area contributed by atoms with E-state index in [4.69, 9.17) is 10.9 Å². The zero-order chi connectivity index (χ0) is 14.1. The third-order valence-electron chi connectivity index (χ3n) is 3.72. The van der Waals surface area contributed by atoms with Crippen LogP contribution in [0.15, 0.2) is 23.1 Å². The highest BCUT2D eigenvalue weighted by Gasteiger charge is 2.26. The summed E-state index contributed by atoms with van der Waals surface area (Å²) in [6.45, 7) is 2.19. The Labute approximate surface area is 114 Å². The Hall–Kier alpha value is -1.27. The normalized spacial score (nSPS) is 19.1. The van der Waals surface area contributed by atoms with Crippen molar-refractivity contribution in [2.24, 2.45) is 5.14 Å². The van der Waals surface area contributed by atoms with Crippen LogP contribution in [-0.2, 0) is 10.0 Å². The van der Waals surface area contributed by atoms with E-state index in [0.717, 1.165) is 18.5 Å². The Morgan fingerprint density at radius 2 is 1.84 bits per heavy atom. The largest absolute Gasteiger partial charge is 0.398 e. The molecule has 5 nitrogen and oxygen atoms in total. The van der Waals surface area contributed by atoms with Crippen molar-refractivity contribution in [2.45, 2.75) is 49.5 Å². The molecule has 0 unspecified atom stereocenters. The van der Waals surface area contributed by atoms with Crippen LogP contribution in [0.3, 0.4) is 0 Å². The van der Waals surface area contributed by atoms with Gasteiger partial charge in [-0.3, -0.25) is 0 Å². The summed E-state index contributed by atoms with van der Waals surface area (Å²) in [5.74, 6) is 0. The fourth-order valence-electron chi connectivity index (χ4n) is 2.69. The number of hydrogen-bond acceptors (Lipinski definition) is 4. The topological polar surface area (TPSA) is 98.2 Å². The molecule has 0 atom stereocenters. The molecule has 1 aliphatic carbocycles. The highest BCUT2D eigenvalue weighted by molar-refractivity contribution is 7.89. The van der Waals surface area contributed by atoms with Crippen LogP contribution in [0, 0.1) is 0 Å². The maximum Gasteiger partial charge on any atom is 0.240 e. The van der Waals surface area contributed by atoms with Crippen molar-refractivity contribution in [3.63, 3.8) is 0 Å². The first-order chi connectivity index (χ1) is 8.80. The van der Waals surface area contributed by atoms with Gasteiger partial charge in [0.1, 0.15) is 4.90 Å². The number of sulfonamides is 1. The van der Waals surface area contributed by atoms with Crippen LogP contribution in [0.1, 0.15) is 39.0 Å². The molecule has 106 valence electrons. The van der Waals surface area contributed by atoms with Crippen molar-refractivity contribution in [3.8, 4) is 0 Å². The van der Waals surface area contributed by atoms with Gasteiger partial charge in [-0.2, -0.15) is 0 Å².